The summed E-state index contributed by atoms with van der Waals surface area (Å²) < 4.78 is 0. The van der Waals surface area contributed by atoms with Crippen molar-refractivity contribution in [3.8, 4) is 0 Å². The van der Waals surface area contributed by atoms with E-state index in [4.69, 9.17) is 0 Å². The monoisotopic (exact) mass is 206 g/mol. The Labute approximate surface area is 93.3 Å². The summed E-state index contributed by atoms with van der Waals surface area (Å²) >= 11 is 0. The normalized spacial score (nSPS) is 13.1. The molecule has 0 aliphatic carbocycles. The third kappa shape index (κ3) is 4.96. The highest BCUT2D eigenvalue weighted by Gasteiger charge is 2.03. The Bertz CT molecular complexity index is 256. The number of rotatable bonds is 6. The van der Waals surface area contributed by atoms with Gasteiger partial charge in [-0.05, 0) is 25.6 Å². The molecule has 0 radical (unpaired) electrons. The van der Waals surface area contributed by atoms with Crippen molar-refractivity contribution >= 4 is 0 Å². The molecule has 1 rings (SSSR count). The van der Waals surface area contributed by atoms with Gasteiger partial charge in [-0.15, -0.1) is 0 Å². The molecule has 2 heteroatoms. The van der Waals surface area contributed by atoms with Gasteiger partial charge in [0.05, 0.1) is 0 Å². The molecule has 2 nitrogen and oxygen atoms in total. The molecule has 1 atom stereocenters. The average molecular weight is 206 g/mol. The molecule has 0 saturated heterocycles. The van der Waals surface area contributed by atoms with Gasteiger partial charge in [-0.25, -0.2) is 0 Å². The van der Waals surface area contributed by atoms with E-state index in [0.29, 0.717) is 5.92 Å². The molecule has 0 amide bonds. The highest BCUT2D eigenvalue weighted by molar-refractivity contribution is 5.18. The molecule has 0 unspecified atom stereocenters. The smallest absolute Gasteiger partial charge is 0.0101 e. The van der Waals surface area contributed by atoms with Crippen molar-refractivity contribution in [2.24, 2.45) is 0 Å². The summed E-state index contributed by atoms with van der Waals surface area (Å²) in [6.07, 6.45) is 0. The molecule has 0 aromatic heterocycles. The second-order valence-electron chi connectivity index (χ2n) is 4.32. The first-order chi connectivity index (χ1) is 7.20. The van der Waals surface area contributed by atoms with E-state index in [-0.39, 0.29) is 0 Å². The predicted molar refractivity (Wildman–Crippen MR) is 66.3 cm³/mol. The summed E-state index contributed by atoms with van der Waals surface area (Å²) in [5, 5.41) is 3.47. The van der Waals surface area contributed by atoms with Crippen molar-refractivity contribution in [3.05, 3.63) is 35.9 Å². The lowest BCUT2D eigenvalue weighted by atomic mass is 10.0. The minimum atomic E-state index is 0.591. The van der Waals surface area contributed by atoms with Crippen molar-refractivity contribution in [2.45, 2.75) is 12.8 Å². The Morgan fingerprint density at radius 1 is 1.20 bits per heavy atom. The summed E-state index contributed by atoms with van der Waals surface area (Å²) in [5.41, 5.74) is 1.41. The molecule has 1 aromatic carbocycles. The Kier molecular flexibility index (Phi) is 5.37. The fourth-order valence-electron chi connectivity index (χ4n) is 1.52. The SMILES string of the molecule is C[C@@H](CNCCN(C)C)c1ccccc1. The molecule has 0 fully saturated rings. The van der Waals surface area contributed by atoms with Gasteiger partial charge in [-0.1, -0.05) is 37.3 Å². The minimum Gasteiger partial charge on any atom is -0.315 e. The Balaban J connectivity index is 2.22. The van der Waals surface area contributed by atoms with Crippen LogP contribution in [0.4, 0.5) is 0 Å². The van der Waals surface area contributed by atoms with Gasteiger partial charge in [0.15, 0.2) is 0 Å². The van der Waals surface area contributed by atoms with Crippen LogP contribution in [0, 0.1) is 0 Å². The van der Waals surface area contributed by atoms with Crippen LogP contribution in [0.1, 0.15) is 18.4 Å². The topological polar surface area (TPSA) is 15.3 Å². The Hall–Kier alpha value is -0.860. The second kappa shape index (κ2) is 6.59. The minimum absolute atomic E-state index is 0.591. The van der Waals surface area contributed by atoms with Crippen LogP contribution >= 0.6 is 0 Å². The van der Waals surface area contributed by atoms with E-state index in [1.165, 1.54) is 5.56 Å². The number of nitrogens with zero attached hydrogens (tertiary/aromatic N) is 1. The highest BCUT2D eigenvalue weighted by atomic mass is 15.1. The maximum absolute atomic E-state index is 3.47. The molecular formula is C13H22N2. The molecule has 1 aromatic rings. The first-order valence-corrected chi connectivity index (χ1v) is 5.60. The van der Waals surface area contributed by atoms with Crippen molar-refractivity contribution in [2.75, 3.05) is 33.7 Å². The third-order valence-electron chi connectivity index (χ3n) is 2.55. The van der Waals surface area contributed by atoms with Crippen LogP contribution in [0.5, 0.6) is 0 Å². The number of nitrogens with one attached hydrogen (secondary N) is 1. The lowest BCUT2D eigenvalue weighted by molar-refractivity contribution is 0.398. The first kappa shape index (κ1) is 12.2. The van der Waals surface area contributed by atoms with E-state index in [1.807, 2.05) is 0 Å². The van der Waals surface area contributed by atoms with Crippen LogP contribution in [0.3, 0.4) is 0 Å². The van der Waals surface area contributed by atoms with E-state index in [2.05, 4.69) is 61.6 Å². The maximum Gasteiger partial charge on any atom is 0.0101 e. The Morgan fingerprint density at radius 2 is 1.87 bits per heavy atom. The quantitative estimate of drug-likeness (QED) is 0.716. The van der Waals surface area contributed by atoms with E-state index < -0.39 is 0 Å². The summed E-state index contributed by atoms with van der Waals surface area (Å²) in [4.78, 5) is 2.19. The van der Waals surface area contributed by atoms with Gasteiger partial charge in [0.2, 0.25) is 0 Å². The molecular weight excluding hydrogens is 184 g/mol. The molecule has 0 saturated carbocycles. The van der Waals surface area contributed by atoms with Crippen molar-refractivity contribution in [1.29, 1.82) is 0 Å². The molecule has 1 N–H and O–H groups in total. The van der Waals surface area contributed by atoms with Gasteiger partial charge in [0, 0.05) is 19.6 Å². The molecule has 0 heterocycles. The van der Waals surface area contributed by atoms with Crippen LogP contribution in [-0.4, -0.2) is 38.6 Å². The zero-order valence-corrected chi connectivity index (χ0v) is 10.0. The lowest BCUT2D eigenvalue weighted by Gasteiger charge is -2.14. The highest BCUT2D eigenvalue weighted by Crippen LogP contribution is 2.12. The van der Waals surface area contributed by atoms with Crippen LogP contribution in [0.15, 0.2) is 30.3 Å². The van der Waals surface area contributed by atoms with Gasteiger partial charge in [-0.3, -0.25) is 0 Å². The predicted octanol–water partition coefficient (Wildman–Crippen LogP) is 1.94. The van der Waals surface area contributed by atoms with Gasteiger partial charge in [0.25, 0.3) is 0 Å². The molecule has 0 bridgehead atoms. The number of hydrogen-bond acceptors (Lipinski definition) is 2. The molecule has 15 heavy (non-hydrogen) atoms. The van der Waals surface area contributed by atoms with E-state index in [9.17, 15) is 0 Å². The van der Waals surface area contributed by atoms with E-state index >= 15 is 0 Å². The summed E-state index contributed by atoms with van der Waals surface area (Å²) in [5.74, 6) is 0.591. The molecule has 84 valence electrons. The average Bonchev–Trinajstić information content (AvgIpc) is 2.25. The van der Waals surface area contributed by atoms with E-state index in [0.717, 1.165) is 19.6 Å². The van der Waals surface area contributed by atoms with Crippen molar-refractivity contribution in [1.82, 2.24) is 10.2 Å². The van der Waals surface area contributed by atoms with Crippen LogP contribution in [0.2, 0.25) is 0 Å². The largest absolute Gasteiger partial charge is 0.315 e. The Morgan fingerprint density at radius 3 is 2.47 bits per heavy atom. The lowest BCUT2D eigenvalue weighted by Crippen LogP contribution is -2.29. The number of likely N-dealkylation sites (N-methyl/N-ethyl adjacent to an activating group) is 1. The van der Waals surface area contributed by atoms with Gasteiger partial charge >= 0.3 is 0 Å². The van der Waals surface area contributed by atoms with Crippen LogP contribution < -0.4 is 5.32 Å². The summed E-state index contributed by atoms with van der Waals surface area (Å²) in [6.45, 7) is 5.47. The summed E-state index contributed by atoms with van der Waals surface area (Å²) in [6, 6.07) is 10.7. The molecule has 0 aliphatic heterocycles. The fraction of sp³-hybridized carbons (Fsp3) is 0.538. The van der Waals surface area contributed by atoms with Crippen molar-refractivity contribution < 1.29 is 0 Å². The van der Waals surface area contributed by atoms with Crippen molar-refractivity contribution in [3.63, 3.8) is 0 Å². The van der Waals surface area contributed by atoms with Crippen LogP contribution in [-0.2, 0) is 0 Å². The first-order valence-electron chi connectivity index (χ1n) is 5.60. The zero-order valence-electron chi connectivity index (χ0n) is 10.0. The standard InChI is InChI=1S/C13H22N2/c1-12(11-14-9-10-15(2)3)13-7-5-4-6-8-13/h4-8,12,14H,9-11H2,1-3H3/t12-/m0/s1. The third-order valence-corrected chi connectivity index (χ3v) is 2.55. The zero-order chi connectivity index (χ0) is 11.1. The van der Waals surface area contributed by atoms with Gasteiger partial charge in [0.1, 0.15) is 0 Å². The number of benzene rings is 1. The van der Waals surface area contributed by atoms with Gasteiger partial charge < -0.3 is 10.2 Å². The number of hydrogen-bond donors (Lipinski definition) is 1. The maximum atomic E-state index is 3.47. The second-order valence-corrected chi connectivity index (χ2v) is 4.32. The summed E-state index contributed by atoms with van der Waals surface area (Å²) in [7, 11) is 4.20. The fourth-order valence-corrected chi connectivity index (χ4v) is 1.52. The molecule has 0 aliphatic rings. The van der Waals surface area contributed by atoms with E-state index in [1.54, 1.807) is 0 Å². The molecule has 0 spiro atoms. The van der Waals surface area contributed by atoms with Gasteiger partial charge in [-0.2, -0.15) is 0 Å². The van der Waals surface area contributed by atoms with Crippen LogP contribution in [0.25, 0.3) is 0 Å².